The minimum Gasteiger partial charge on any atom is -0.492 e. The van der Waals surface area contributed by atoms with Crippen molar-refractivity contribution in [1.82, 2.24) is 5.32 Å². The third-order valence-electron chi connectivity index (χ3n) is 5.15. The fraction of sp³-hybridized carbons (Fsp3) is 0.269. The van der Waals surface area contributed by atoms with Gasteiger partial charge in [0, 0.05) is 0 Å². The molecule has 180 valence electrons. The summed E-state index contributed by atoms with van der Waals surface area (Å²) in [5.74, 6) is 0.234. The summed E-state index contributed by atoms with van der Waals surface area (Å²) in [7, 11) is -4.00. The number of amides is 1. The van der Waals surface area contributed by atoms with Gasteiger partial charge < -0.3 is 10.1 Å². The lowest BCUT2D eigenvalue weighted by Crippen LogP contribution is -2.42. The maximum Gasteiger partial charge on any atom is 0.264 e. The number of hydrogen-bond acceptors (Lipinski definition) is 4. The summed E-state index contributed by atoms with van der Waals surface area (Å²) in [6, 6.07) is 22.3. The molecule has 1 N–H and O–H groups in total. The van der Waals surface area contributed by atoms with Crippen LogP contribution in [0, 0.1) is 0 Å². The Hall–Kier alpha value is -3.03. The zero-order valence-electron chi connectivity index (χ0n) is 19.5. The quantitative estimate of drug-likeness (QED) is 0.418. The van der Waals surface area contributed by atoms with Crippen LogP contribution in [0.3, 0.4) is 0 Å². The lowest BCUT2D eigenvalue weighted by Gasteiger charge is -2.25. The van der Waals surface area contributed by atoms with Crippen LogP contribution in [0.1, 0.15) is 26.3 Å². The molecular weight excluding hydrogens is 472 g/mol. The van der Waals surface area contributed by atoms with E-state index in [1.54, 1.807) is 42.5 Å². The first-order chi connectivity index (χ1) is 16.1. The fourth-order valence-electron chi connectivity index (χ4n) is 3.27. The topological polar surface area (TPSA) is 75.7 Å². The van der Waals surface area contributed by atoms with Crippen LogP contribution in [0.25, 0.3) is 0 Å². The fourth-order valence-corrected chi connectivity index (χ4v) is 5.02. The first-order valence-corrected chi connectivity index (χ1v) is 12.7. The zero-order valence-corrected chi connectivity index (χ0v) is 21.1. The second-order valence-corrected chi connectivity index (χ2v) is 11.0. The largest absolute Gasteiger partial charge is 0.492 e. The number of hydrogen-bond donors (Lipinski definition) is 1. The van der Waals surface area contributed by atoms with Crippen LogP contribution in [0.15, 0.2) is 83.8 Å². The van der Waals surface area contributed by atoms with Crippen molar-refractivity contribution in [1.29, 1.82) is 0 Å². The second kappa shape index (κ2) is 10.9. The molecule has 1 amide bonds. The SMILES string of the molecule is CC(C)(C)c1ccc(OCCNC(=O)CN(c2ccccc2Cl)S(=O)(=O)c2ccccc2)cc1. The molecule has 0 heterocycles. The van der Waals surface area contributed by atoms with Crippen LogP contribution < -0.4 is 14.4 Å². The Morgan fingerprint density at radius 1 is 0.941 bits per heavy atom. The van der Waals surface area contributed by atoms with E-state index in [0.717, 1.165) is 4.31 Å². The van der Waals surface area contributed by atoms with Crippen LogP contribution >= 0.6 is 11.6 Å². The Balaban J connectivity index is 1.64. The van der Waals surface area contributed by atoms with Crippen molar-refractivity contribution in [3.8, 4) is 5.75 Å². The first kappa shape index (κ1) is 25.6. The van der Waals surface area contributed by atoms with Gasteiger partial charge in [0.2, 0.25) is 5.91 Å². The van der Waals surface area contributed by atoms with Crippen LogP contribution in [-0.2, 0) is 20.2 Å². The summed E-state index contributed by atoms with van der Waals surface area (Å²) in [5.41, 5.74) is 1.49. The highest BCUT2D eigenvalue weighted by Crippen LogP contribution is 2.30. The van der Waals surface area contributed by atoms with Crippen molar-refractivity contribution < 1.29 is 17.9 Å². The van der Waals surface area contributed by atoms with Crippen LogP contribution in [0.5, 0.6) is 5.75 Å². The van der Waals surface area contributed by atoms with E-state index in [0.29, 0.717) is 5.75 Å². The van der Waals surface area contributed by atoms with Crippen molar-refractivity contribution in [3.63, 3.8) is 0 Å². The van der Waals surface area contributed by atoms with Gasteiger partial charge in [-0.05, 0) is 47.4 Å². The van der Waals surface area contributed by atoms with E-state index in [1.165, 1.54) is 17.7 Å². The lowest BCUT2D eigenvalue weighted by atomic mass is 9.87. The maximum atomic E-state index is 13.3. The van der Waals surface area contributed by atoms with Gasteiger partial charge in [0.05, 0.1) is 22.2 Å². The monoisotopic (exact) mass is 500 g/mol. The highest BCUT2D eigenvalue weighted by Gasteiger charge is 2.28. The van der Waals surface area contributed by atoms with E-state index in [4.69, 9.17) is 16.3 Å². The molecule has 0 fully saturated rings. The second-order valence-electron chi connectivity index (χ2n) is 8.75. The number of rotatable bonds is 9. The van der Waals surface area contributed by atoms with E-state index in [2.05, 4.69) is 26.1 Å². The minimum atomic E-state index is -4.00. The summed E-state index contributed by atoms with van der Waals surface area (Å²) < 4.78 is 33.3. The molecule has 0 saturated heterocycles. The van der Waals surface area contributed by atoms with Gasteiger partial charge >= 0.3 is 0 Å². The third-order valence-corrected chi connectivity index (χ3v) is 7.25. The highest BCUT2D eigenvalue weighted by molar-refractivity contribution is 7.92. The Morgan fingerprint density at radius 2 is 1.56 bits per heavy atom. The Morgan fingerprint density at radius 3 is 2.18 bits per heavy atom. The predicted octanol–water partition coefficient (Wildman–Crippen LogP) is 5.03. The molecule has 0 atom stereocenters. The standard InChI is InChI=1S/C26H29ClN2O4S/c1-26(2,3)20-13-15-21(16-14-20)33-18-17-28-25(30)19-29(24-12-8-7-11-23(24)27)34(31,32)22-9-5-4-6-10-22/h4-16H,17-19H2,1-3H3,(H,28,30). The molecule has 6 nitrogen and oxygen atoms in total. The van der Waals surface area contributed by atoms with Crippen LogP contribution in [0.2, 0.25) is 5.02 Å². The average molecular weight is 501 g/mol. The van der Waals surface area contributed by atoms with Gasteiger partial charge in [-0.15, -0.1) is 0 Å². The number of sulfonamides is 1. The molecular formula is C26H29ClN2O4S. The average Bonchev–Trinajstić information content (AvgIpc) is 2.81. The molecule has 3 rings (SSSR count). The number of nitrogens with one attached hydrogen (secondary N) is 1. The molecule has 0 radical (unpaired) electrons. The van der Waals surface area contributed by atoms with Crippen molar-refractivity contribution >= 4 is 33.2 Å². The molecule has 3 aromatic carbocycles. The summed E-state index contributed by atoms with van der Waals surface area (Å²) >= 11 is 6.27. The van der Waals surface area contributed by atoms with E-state index in [1.807, 2.05) is 24.3 Å². The number of anilines is 1. The number of ether oxygens (including phenoxy) is 1. The molecule has 0 aromatic heterocycles. The van der Waals surface area contributed by atoms with Gasteiger partial charge in [-0.25, -0.2) is 8.42 Å². The van der Waals surface area contributed by atoms with Gasteiger partial charge in [0.15, 0.2) is 0 Å². The number of halogens is 1. The molecule has 0 aliphatic heterocycles. The predicted molar refractivity (Wildman–Crippen MR) is 136 cm³/mol. The molecule has 0 aliphatic carbocycles. The number of benzene rings is 3. The number of carbonyl (C=O) groups is 1. The van der Waals surface area contributed by atoms with Crippen molar-refractivity contribution in [2.75, 3.05) is 24.0 Å². The minimum absolute atomic E-state index is 0.0557. The Bertz CT molecular complexity index is 1210. The van der Waals surface area contributed by atoms with Crippen LogP contribution in [-0.4, -0.2) is 34.0 Å². The third kappa shape index (κ3) is 6.52. The summed E-state index contributed by atoms with van der Waals surface area (Å²) in [5, 5.41) is 2.95. The van der Waals surface area contributed by atoms with Crippen molar-refractivity contribution in [2.45, 2.75) is 31.1 Å². The van der Waals surface area contributed by atoms with Crippen molar-refractivity contribution in [2.24, 2.45) is 0 Å². The molecule has 0 bridgehead atoms. The number of para-hydroxylation sites is 1. The summed E-state index contributed by atoms with van der Waals surface area (Å²) in [6.07, 6.45) is 0. The van der Waals surface area contributed by atoms with Gasteiger partial charge in [-0.2, -0.15) is 0 Å². The molecule has 0 spiro atoms. The molecule has 0 saturated carbocycles. The zero-order chi connectivity index (χ0) is 24.8. The maximum absolute atomic E-state index is 13.3. The summed E-state index contributed by atoms with van der Waals surface area (Å²) in [4.78, 5) is 12.7. The van der Waals surface area contributed by atoms with Gasteiger partial charge in [-0.1, -0.05) is 74.8 Å². The molecule has 34 heavy (non-hydrogen) atoms. The highest BCUT2D eigenvalue weighted by atomic mass is 35.5. The van der Waals surface area contributed by atoms with Gasteiger partial charge in [-0.3, -0.25) is 9.10 Å². The van der Waals surface area contributed by atoms with Crippen molar-refractivity contribution in [3.05, 3.63) is 89.4 Å². The molecule has 3 aromatic rings. The van der Waals surface area contributed by atoms with E-state index in [9.17, 15) is 13.2 Å². The van der Waals surface area contributed by atoms with E-state index >= 15 is 0 Å². The van der Waals surface area contributed by atoms with E-state index in [-0.39, 0.29) is 34.2 Å². The van der Waals surface area contributed by atoms with Gasteiger partial charge in [0.1, 0.15) is 18.9 Å². The van der Waals surface area contributed by atoms with Crippen LogP contribution in [0.4, 0.5) is 5.69 Å². The van der Waals surface area contributed by atoms with E-state index < -0.39 is 22.5 Å². The molecule has 8 heteroatoms. The molecule has 0 aliphatic rings. The Kier molecular flexibility index (Phi) is 8.23. The first-order valence-electron chi connectivity index (χ1n) is 10.9. The summed E-state index contributed by atoms with van der Waals surface area (Å²) in [6.45, 7) is 6.48. The van der Waals surface area contributed by atoms with Gasteiger partial charge in [0.25, 0.3) is 10.0 Å². The number of carbonyl (C=O) groups excluding carboxylic acids is 1. The Labute approximate surface area is 206 Å². The lowest BCUT2D eigenvalue weighted by molar-refractivity contribution is -0.119. The number of nitrogens with zero attached hydrogens (tertiary/aromatic N) is 1. The molecule has 0 unspecified atom stereocenters. The smallest absolute Gasteiger partial charge is 0.264 e. The normalized spacial score (nSPS) is 11.6.